The number of benzene rings is 1. The molecule has 1 spiro atoms. The van der Waals surface area contributed by atoms with Gasteiger partial charge < -0.3 is 15.0 Å². The lowest BCUT2D eigenvalue weighted by Gasteiger charge is -2.47. The summed E-state index contributed by atoms with van der Waals surface area (Å²) >= 11 is 0. The largest absolute Gasteiger partial charge is 0.481 e. The first-order chi connectivity index (χ1) is 13.0. The number of para-hydroxylation sites is 1. The van der Waals surface area contributed by atoms with Crippen LogP contribution in [0.1, 0.15) is 44.1 Å². The number of carbonyl (C=O) groups excluding carboxylic acids is 1. The Morgan fingerprint density at radius 1 is 1.19 bits per heavy atom. The normalized spacial score (nSPS) is 21.6. The van der Waals surface area contributed by atoms with Crippen molar-refractivity contribution < 1.29 is 14.7 Å². The van der Waals surface area contributed by atoms with Crippen LogP contribution >= 0.6 is 0 Å². The van der Waals surface area contributed by atoms with E-state index in [2.05, 4.69) is 4.98 Å². The Morgan fingerprint density at radius 3 is 2.67 bits per heavy atom. The monoisotopic (exact) mass is 368 g/mol. The highest BCUT2D eigenvalue weighted by Gasteiger charge is 2.47. The predicted octanol–water partition coefficient (Wildman–Crippen LogP) is 2.71. The molecule has 2 heterocycles. The van der Waals surface area contributed by atoms with Gasteiger partial charge in [-0.3, -0.25) is 14.4 Å². The molecule has 1 saturated heterocycles. The number of aromatic nitrogens is 1. The van der Waals surface area contributed by atoms with E-state index in [1.54, 1.807) is 11.0 Å². The van der Waals surface area contributed by atoms with Crippen molar-refractivity contribution in [3.05, 3.63) is 46.2 Å². The molecule has 2 N–H and O–H groups in total. The fourth-order valence-corrected chi connectivity index (χ4v) is 4.79. The number of amides is 1. The Bertz CT molecular complexity index is 943. The molecule has 1 aliphatic carbocycles. The molecule has 2 aliphatic rings. The molecule has 1 atom stereocenters. The lowest BCUT2D eigenvalue weighted by molar-refractivity contribution is -0.151. The summed E-state index contributed by atoms with van der Waals surface area (Å²) in [5.74, 6) is -1.50. The fourth-order valence-electron chi connectivity index (χ4n) is 4.79. The minimum absolute atomic E-state index is 0.00819. The van der Waals surface area contributed by atoms with E-state index in [0.29, 0.717) is 12.0 Å². The smallest absolute Gasteiger partial charge is 0.308 e. The van der Waals surface area contributed by atoms with Crippen LogP contribution in [0.2, 0.25) is 0 Å². The van der Waals surface area contributed by atoms with Crippen molar-refractivity contribution in [2.45, 2.75) is 50.5 Å². The zero-order chi connectivity index (χ0) is 19.0. The highest BCUT2D eigenvalue weighted by molar-refractivity contribution is 5.84. The quantitative estimate of drug-likeness (QED) is 0.871. The van der Waals surface area contributed by atoms with Crippen molar-refractivity contribution in [1.82, 2.24) is 9.88 Å². The first kappa shape index (κ1) is 17.8. The van der Waals surface area contributed by atoms with Gasteiger partial charge in [0.05, 0.1) is 12.3 Å². The van der Waals surface area contributed by atoms with E-state index in [1.807, 2.05) is 24.3 Å². The highest BCUT2D eigenvalue weighted by Crippen LogP contribution is 2.43. The van der Waals surface area contributed by atoms with Crippen molar-refractivity contribution in [3.63, 3.8) is 0 Å². The van der Waals surface area contributed by atoms with E-state index in [0.717, 1.165) is 43.0 Å². The van der Waals surface area contributed by atoms with Crippen molar-refractivity contribution in [2.24, 2.45) is 5.92 Å². The van der Waals surface area contributed by atoms with Crippen LogP contribution in [-0.2, 0) is 16.0 Å². The number of aliphatic carboxylic acids is 1. The molecule has 1 aliphatic heterocycles. The van der Waals surface area contributed by atoms with Crippen LogP contribution < -0.4 is 5.56 Å². The van der Waals surface area contributed by atoms with Gasteiger partial charge in [-0.2, -0.15) is 0 Å². The molecule has 0 bridgehead atoms. The summed E-state index contributed by atoms with van der Waals surface area (Å²) in [6, 6.07) is 9.25. The maximum atomic E-state index is 13.2. The number of aromatic amines is 1. The second-order valence-electron chi connectivity index (χ2n) is 7.90. The third kappa shape index (κ3) is 3.24. The lowest BCUT2D eigenvalue weighted by Crippen LogP contribution is -2.57. The second kappa shape index (κ2) is 6.83. The van der Waals surface area contributed by atoms with E-state index in [-0.39, 0.29) is 30.0 Å². The Balaban J connectivity index is 1.62. The Hall–Kier alpha value is -2.63. The number of fused-ring (bicyclic) bond motifs is 1. The molecule has 1 aromatic heterocycles. The summed E-state index contributed by atoms with van der Waals surface area (Å²) in [7, 11) is 0. The number of pyridine rings is 1. The van der Waals surface area contributed by atoms with Crippen LogP contribution in [-0.4, -0.2) is 39.0 Å². The third-order valence-electron chi connectivity index (χ3n) is 6.29. The van der Waals surface area contributed by atoms with Crippen molar-refractivity contribution in [1.29, 1.82) is 0 Å². The van der Waals surface area contributed by atoms with Crippen molar-refractivity contribution in [2.75, 3.05) is 6.54 Å². The number of carboxylic acids is 1. The first-order valence-electron chi connectivity index (χ1n) is 9.63. The number of likely N-dealkylation sites (tertiary alicyclic amines) is 1. The fraction of sp³-hybridized carbons (Fsp3) is 0.476. The predicted molar refractivity (Wildman–Crippen MR) is 102 cm³/mol. The third-order valence-corrected chi connectivity index (χ3v) is 6.29. The second-order valence-corrected chi connectivity index (χ2v) is 7.90. The number of carbonyl (C=O) groups is 2. The molecule has 27 heavy (non-hydrogen) atoms. The van der Waals surface area contributed by atoms with E-state index < -0.39 is 11.9 Å². The SMILES string of the molecule is O=C(O)C1CCC2(CCCC2)N(C(=O)Cc2cc3ccccc3[nH]c2=O)C1. The number of piperidine rings is 1. The molecule has 1 unspecified atom stereocenters. The molecule has 2 aromatic rings. The molecule has 1 saturated carbocycles. The average Bonchev–Trinajstić information content (AvgIpc) is 3.11. The van der Waals surface area contributed by atoms with Crippen LogP contribution in [0, 0.1) is 5.92 Å². The Labute approximate surface area is 157 Å². The number of hydrogen-bond donors (Lipinski definition) is 2. The summed E-state index contributed by atoms with van der Waals surface area (Å²) in [4.78, 5) is 41.7. The molecule has 2 fully saturated rings. The molecule has 6 nitrogen and oxygen atoms in total. The van der Waals surface area contributed by atoms with Gasteiger partial charge in [-0.05, 0) is 43.2 Å². The highest BCUT2D eigenvalue weighted by atomic mass is 16.4. The van der Waals surface area contributed by atoms with E-state index in [9.17, 15) is 19.5 Å². The van der Waals surface area contributed by atoms with Gasteiger partial charge in [0.1, 0.15) is 0 Å². The van der Waals surface area contributed by atoms with Crippen LogP contribution in [0.25, 0.3) is 10.9 Å². The zero-order valence-electron chi connectivity index (χ0n) is 15.2. The van der Waals surface area contributed by atoms with Crippen LogP contribution in [0.5, 0.6) is 0 Å². The van der Waals surface area contributed by atoms with Crippen molar-refractivity contribution >= 4 is 22.8 Å². The van der Waals surface area contributed by atoms with Gasteiger partial charge in [-0.1, -0.05) is 31.0 Å². The number of nitrogens with one attached hydrogen (secondary N) is 1. The number of rotatable bonds is 3. The van der Waals surface area contributed by atoms with Gasteiger partial charge in [0, 0.05) is 23.2 Å². The zero-order valence-corrected chi connectivity index (χ0v) is 15.2. The van der Waals surface area contributed by atoms with Crippen LogP contribution in [0.15, 0.2) is 35.1 Å². The number of H-pyrrole nitrogens is 1. The summed E-state index contributed by atoms with van der Waals surface area (Å²) < 4.78 is 0. The summed E-state index contributed by atoms with van der Waals surface area (Å²) in [6.45, 7) is 0.250. The van der Waals surface area contributed by atoms with Gasteiger partial charge in [-0.15, -0.1) is 0 Å². The first-order valence-corrected chi connectivity index (χ1v) is 9.63. The molecular formula is C21H24N2O4. The van der Waals surface area contributed by atoms with E-state index >= 15 is 0 Å². The number of hydrogen-bond acceptors (Lipinski definition) is 3. The standard InChI is InChI=1S/C21H24N2O4/c24-18(12-16-11-14-5-1-2-6-17(14)22-19(16)25)23-13-15(20(26)27)7-10-21(23)8-3-4-9-21/h1-2,5-6,11,15H,3-4,7-10,12-13H2,(H,22,25)(H,26,27). The van der Waals surface area contributed by atoms with Gasteiger partial charge in [0.15, 0.2) is 0 Å². The van der Waals surface area contributed by atoms with Gasteiger partial charge in [0.25, 0.3) is 5.56 Å². The molecule has 6 heteroatoms. The molecule has 1 amide bonds. The van der Waals surface area contributed by atoms with E-state index in [1.165, 1.54) is 0 Å². The van der Waals surface area contributed by atoms with Crippen molar-refractivity contribution in [3.8, 4) is 0 Å². The number of carboxylic acid groups (broad SMARTS) is 1. The molecule has 142 valence electrons. The number of nitrogens with zero attached hydrogens (tertiary/aromatic N) is 1. The van der Waals surface area contributed by atoms with Gasteiger partial charge in [-0.25, -0.2) is 0 Å². The van der Waals surface area contributed by atoms with Crippen LogP contribution in [0.3, 0.4) is 0 Å². The maximum absolute atomic E-state index is 13.2. The summed E-state index contributed by atoms with van der Waals surface area (Å²) in [5, 5.41) is 10.3. The summed E-state index contributed by atoms with van der Waals surface area (Å²) in [5.41, 5.74) is 0.709. The molecule has 0 radical (unpaired) electrons. The Kier molecular flexibility index (Phi) is 4.50. The minimum atomic E-state index is -0.843. The molecular weight excluding hydrogens is 344 g/mol. The minimum Gasteiger partial charge on any atom is -0.481 e. The topological polar surface area (TPSA) is 90.5 Å². The molecule has 1 aromatic carbocycles. The van der Waals surface area contributed by atoms with E-state index in [4.69, 9.17) is 0 Å². The maximum Gasteiger partial charge on any atom is 0.308 e. The average molecular weight is 368 g/mol. The molecule has 4 rings (SSSR count). The van der Waals surface area contributed by atoms with Crippen LogP contribution in [0.4, 0.5) is 0 Å². The van der Waals surface area contributed by atoms with Gasteiger partial charge in [0.2, 0.25) is 5.91 Å². The Morgan fingerprint density at radius 2 is 1.93 bits per heavy atom. The summed E-state index contributed by atoms with van der Waals surface area (Å²) in [6.07, 6.45) is 5.36. The van der Waals surface area contributed by atoms with Gasteiger partial charge >= 0.3 is 5.97 Å². The lowest BCUT2D eigenvalue weighted by atomic mass is 9.80.